The van der Waals surface area contributed by atoms with Crippen LogP contribution in [0.5, 0.6) is 0 Å². The smallest absolute Gasteiger partial charge is 0.152 e. The molecule has 1 saturated heterocycles. The van der Waals surface area contributed by atoms with Gasteiger partial charge in [0, 0.05) is 6.04 Å². The number of aromatic nitrogens is 2. The molecule has 1 aromatic carbocycles. The van der Waals surface area contributed by atoms with Crippen LogP contribution in [0.2, 0.25) is 0 Å². The van der Waals surface area contributed by atoms with Crippen molar-refractivity contribution in [1.82, 2.24) is 9.55 Å². The molecule has 1 aromatic heterocycles. The van der Waals surface area contributed by atoms with E-state index in [1.807, 2.05) is 34.9 Å². The van der Waals surface area contributed by atoms with Gasteiger partial charge in [0.25, 0.3) is 0 Å². The fourth-order valence-corrected chi connectivity index (χ4v) is 4.40. The molecule has 2 atom stereocenters. The van der Waals surface area contributed by atoms with Crippen LogP contribution in [-0.2, 0) is 9.84 Å². The van der Waals surface area contributed by atoms with E-state index in [0.717, 1.165) is 11.3 Å². The van der Waals surface area contributed by atoms with Gasteiger partial charge in [-0.25, -0.2) is 13.4 Å². The molecule has 2 N–H and O–H groups in total. The van der Waals surface area contributed by atoms with Gasteiger partial charge in [-0.3, -0.25) is 0 Å². The molecule has 1 aliphatic heterocycles. The standard InChI is InChI=1S/C14H17N3O2S/c15-14(11-4-2-1-3-5-11)13-8-16-10-17(13)12-6-7-20(18,19)9-12/h1-5,8,10,12,14H,6-7,9,15H2. The van der Waals surface area contributed by atoms with Crippen molar-refractivity contribution in [2.75, 3.05) is 11.5 Å². The minimum absolute atomic E-state index is 0.0488. The third-order valence-corrected chi connectivity index (χ3v) is 5.53. The summed E-state index contributed by atoms with van der Waals surface area (Å²) in [6, 6.07) is 9.42. The van der Waals surface area contributed by atoms with Crippen LogP contribution >= 0.6 is 0 Å². The van der Waals surface area contributed by atoms with Crippen LogP contribution in [0.15, 0.2) is 42.9 Å². The summed E-state index contributed by atoms with van der Waals surface area (Å²) in [6.45, 7) is 0. The molecule has 2 unspecified atom stereocenters. The second-order valence-electron chi connectivity index (χ2n) is 5.17. The normalized spacial score (nSPS) is 22.8. The zero-order valence-electron chi connectivity index (χ0n) is 11.0. The number of rotatable bonds is 3. The Balaban J connectivity index is 1.91. The van der Waals surface area contributed by atoms with E-state index in [-0.39, 0.29) is 23.6 Å². The number of sulfone groups is 1. The molecular weight excluding hydrogens is 274 g/mol. The third-order valence-electron chi connectivity index (χ3n) is 3.78. The summed E-state index contributed by atoms with van der Waals surface area (Å²) in [6.07, 6.45) is 4.04. The van der Waals surface area contributed by atoms with E-state index in [4.69, 9.17) is 5.73 Å². The molecule has 3 rings (SSSR count). The number of nitrogens with two attached hydrogens (primary N) is 1. The first-order valence-electron chi connectivity index (χ1n) is 6.59. The second-order valence-corrected chi connectivity index (χ2v) is 7.40. The van der Waals surface area contributed by atoms with Crippen molar-refractivity contribution in [2.24, 2.45) is 5.73 Å². The molecule has 1 aliphatic rings. The average molecular weight is 291 g/mol. The van der Waals surface area contributed by atoms with Crippen LogP contribution in [0.4, 0.5) is 0 Å². The molecular formula is C14H17N3O2S. The van der Waals surface area contributed by atoms with Gasteiger partial charge in [0.1, 0.15) is 0 Å². The van der Waals surface area contributed by atoms with Gasteiger partial charge in [-0.05, 0) is 12.0 Å². The average Bonchev–Trinajstić information content (AvgIpc) is 3.05. The number of benzene rings is 1. The first-order chi connectivity index (χ1) is 9.57. The van der Waals surface area contributed by atoms with E-state index < -0.39 is 9.84 Å². The van der Waals surface area contributed by atoms with Crippen LogP contribution in [0.3, 0.4) is 0 Å². The van der Waals surface area contributed by atoms with Crippen LogP contribution in [0, 0.1) is 0 Å². The summed E-state index contributed by atoms with van der Waals surface area (Å²) in [4.78, 5) is 4.15. The molecule has 0 aliphatic carbocycles. The Labute approximate surface area is 118 Å². The van der Waals surface area contributed by atoms with E-state index in [9.17, 15) is 8.42 Å². The number of hydrogen-bond acceptors (Lipinski definition) is 4. The molecule has 2 heterocycles. The summed E-state index contributed by atoms with van der Waals surface area (Å²) in [5, 5.41) is 0. The van der Waals surface area contributed by atoms with Gasteiger partial charge in [0.15, 0.2) is 9.84 Å². The van der Waals surface area contributed by atoms with Crippen molar-refractivity contribution in [1.29, 1.82) is 0 Å². The fraction of sp³-hybridized carbons (Fsp3) is 0.357. The van der Waals surface area contributed by atoms with E-state index in [2.05, 4.69) is 4.98 Å². The SMILES string of the molecule is NC(c1ccccc1)c1cncn1C1CCS(=O)(=O)C1. The molecule has 0 saturated carbocycles. The lowest BCUT2D eigenvalue weighted by molar-refractivity contribution is 0.526. The van der Waals surface area contributed by atoms with Crippen molar-refractivity contribution in [2.45, 2.75) is 18.5 Å². The van der Waals surface area contributed by atoms with E-state index in [1.54, 1.807) is 12.5 Å². The van der Waals surface area contributed by atoms with Gasteiger partial charge < -0.3 is 10.3 Å². The number of nitrogens with zero attached hydrogens (tertiary/aromatic N) is 2. The van der Waals surface area contributed by atoms with Crippen LogP contribution in [0.1, 0.15) is 29.8 Å². The fourth-order valence-electron chi connectivity index (χ4n) is 2.69. The molecule has 0 amide bonds. The van der Waals surface area contributed by atoms with Gasteiger partial charge in [-0.15, -0.1) is 0 Å². The molecule has 1 fully saturated rings. The van der Waals surface area contributed by atoms with E-state index >= 15 is 0 Å². The lowest BCUT2D eigenvalue weighted by Gasteiger charge is -2.18. The molecule has 6 heteroatoms. The Morgan fingerprint density at radius 2 is 2.05 bits per heavy atom. The van der Waals surface area contributed by atoms with Gasteiger partial charge >= 0.3 is 0 Å². The molecule has 20 heavy (non-hydrogen) atoms. The minimum Gasteiger partial charge on any atom is -0.329 e. The van der Waals surface area contributed by atoms with Crippen LogP contribution in [-0.4, -0.2) is 29.5 Å². The maximum atomic E-state index is 11.6. The largest absolute Gasteiger partial charge is 0.329 e. The molecule has 0 spiro atoms. The third kappa shape index (κ3) is 2.48. The zero-order valence-corrected chi connectivity index (χ0v) is 11.8. The monoisotopic (exact) mass is 291 g/mol. The molecule has 106 valence electrons. The first-order valence-corrected chi connectivity index (χ1v) is 8.41. The van der Waals surface area contributed by atoms with E-state index in [0.29, 0.717) is 6.42 Å². The highest BCUT2D eigenvalue weighted by molar-refractivity contribution is 7.91. The molecule has 0 radical (unpaired) electrons. The minimum atomic E-state index is -2.92. The Hall–Kier alpha value is -1.66. The van der Waals surface area contributed by atoms with Gasteiger partial charge in [0.2, 0.25) is 0 Å². The topological polar surface area (TPSA) is 78.0 Å². The van der Waals surface area contributed by atoms with Gasteiger partial charge in [-0.1, -0.05) is 30.3 Å². The second kappa shape index (κ2) is 5.03. The van der Waals surface area contributed by atoms with Crippen molar-refractivity contribution in [3.05, 3.63) is 54.1 Å². The lowest BCUT2D eigenvalue weighted by Crippen LogP contribution is -2.20. The van der Waals surface area contributed by atoms with Crippen LogP contribution < -0.4 is 5.73 Å². The zero-order chi connectivity index (χ0) is 14.2. The summed E-state index contributed by atoms with van der Waals surface area (Å²) >= 11 is 0. The quantitative estimate of drug-likeness (QED) is 0.924. The Kier molecular flexibility index (Phi) is 3.35. The summed E-state index contributed by atoms with van der Waals surface area (Å²) in [5.41, 5.74) is 8.14. The highest BCUT2D eigenvalue weighted by Gasteiger charge is 2.31. The summed E-state index contributed by atoms with van der Waals surface area (Å²) < 4.78 is 25.2. The molecule has 2 aromatic rings. The van der Waals surface area contributed by atoms with E-state index in [1.165, 1.54) is 0 Å². The maximum Gasteiger partial charge on any atom is 0.152 e. The van der Waals surface area contributed by atoms with Gasteiger partial charge in [-0.2, -0.15) is 0 Å². The first kappa shape index (κ1) is 13.3. The number of imidazole rings is 1. The van der Waals surface area contributed by atoms with Crippen molar-refractivity contribution in [3.63, 3.8) is 0 Å². The Morgan fingerprint density at radius 1 is 1.30 bits per heavy atom. The highest BCUT2D eigenvalue weighted by Crippen LogP contribution is 2.28. The predicted molar refractivity (Wildman–Crippen MR) is 77.0 cm³/mol. The summed E-state index contributed by atoms with van der Waals surface area (Å²) in [7, 11) is -2.92. The number of hydrogen-bond donors (Lipinski definition) is 1. The Bertz CT molecular complexity index is 694. The molecule has 5 nitrogen and oxygen atoms in total. The van der Waals surface area contributed by atoms with Crippen LogP contribution in [0.25, 0.3) is 0 Å². The van der Waals surface area contributed by atoms with Crippen molar-refractivity contribution >= 4 is 9.84 Å². The van der Waals surface area contributed by atoms with Gasteiger partial charge in [0.05, 0.1) is 35.8 Å². The highest BCUT2D eigenvalue weighted by atomic mass is 32.2. The Morgan fingerprint density at radius 3 is 2.70 bits per heavy atom. The lowest BCUT2D eigenvalue weighted by atomic mass is 10.0. The maximum absolute atomic E-state index is 11.6. The predicted octanol–water partition coefficient (Wildman–Crippen LogP) is 1.29. The summed E-state index contributed by atoms with van der Waals surface area (Å²) in [5.74, 6) is 0.424. The van der Waals surface area contributed by atoms with Crippen molar-refractivity contribution < 1.29 is 8.42 Å². The van der Waals surface area contributed by atoms with Crippen molar-refractivity contribution in [3.8, 4) is 0 Å². The molecule has 0 bridgehead atoms.